The van der Waals surface area contributed by atoms with Crippen LogP contribution in [0.25, 0.3) is 0 Å². The molecule has 0 bridgehead atoms. The molecule has 0 aliphatic heterocycles. The lowest BCUT2D eigenvalue weighted by Crippen LogP contribution is -2.41. The van der Waals surface area contributed by atoms with Gasteiger partial charge in [-0.25, -0.2) is 0 Å². The molecule has 0 radical (unpaired) electrons. The standard InChI is InChI=1S/C14H24O4/c1-6-9-17-12(15)14(7-2,8-3)13(16)18-10-11(4)5/h6,11H,1,7-10H2,2-5H3. The van der Waals surface area contributed by atoms with E-state index in [1.54, 1.807) is 13.8 Å². The number of hydrogen-bond donors (Lipinski definition) is 0. The third kappa shape index (κ3) is 4.17. The first-order chi connectivity index (χ1) is 8.44. The predicted octanol–water partition coefficient (Wildman–Crippen LogP) is 2.72. The lowest BCUT2D eigenvalue weighted by Gasteiger charge is -2.27. The smallest absolute Gasteiger partial charge is 0.323 e. The van der Waals surface area contributed by atoms with Gasteiger partial charge in [0.25, 0.3) is 0 Å². The minimum absolute atomic E-state index is 0.109. The Hall–Kier alpha value is -1.32. The van der Waals surface area contributed by atoms with E-state index in [1.165, 1.54) is 6.08 Å². The number of carbonyl (C=O) groups is 2. The second kappa shape index (κ2) is 7.90. The van der Waals surface area contributed by atoms with Crippen molar-refractivity contribution in [2.24, 2.45) is 11.3 Å². The number of hydrogen-bond acceptors (Lipinski definition) is 4. The molecule has 0 aliphatic carbocycles. The number of esters is 2. The van der Waals surface area contributed by atoms with Crippen molar-refractivity contribution in [1.29, 1.82) is 0 Å². The minimum Gasteiger partial charge on any atom is -0.465 e. The van der Waals surface area contributed by atoms with Gasteiger partial charge in [-0.2, -0.15) is 0 Å². The first-order valence-corrected chi connectivity index (χ1v) is 6.39. The minimum atomic E-state index is -1.18. The van der Waals surface area contributed by atoms with Crippen LogP contribution in [0.2, 0.25) is 0 Å². The van der Waals surface area contributed by atoms with Gasteiger partial charge in [-0.05, 0) is 18.8 Å². The Labute approximate surface area is 109 Å². The zero-order valence-electron chi connectivity index (χ0n) is 11.8. The molecule has 0 heterocycles. The van der Waals surface area contributed by atoms with Gasteiger partial charge < -0.3 is 9.47 Å². The second-order valence-electron chi connectivity index (χ2n) is 4.67. The average Bonchev–Trinajstić information content (AvgIpc) is 2.35. The lowest BCUT2D eigenvalue weighted by molar-refractivity contribution is -0.173. The van der Waals surface area contributed by atoms with Crippen molar-refractivity contribution in [2.75, 3.05) is 13.2 Å². The molecule has 4 heteroatoms. The van der Waals surface area contributed by atoms with E-state index in [-0.39, 0.29) is 12.5 Å². The van der Waals surface area contributed by atoms with Crippen molar-refractivity contribution in [1.82, 2.24) is 0 Å². The number of ether oxygens (including phenoxy) is 2. The monoisotopic (exact) mass is 256 g/mol. The zero-order chi connectivity index (χ0) is 14.2. The van der Waals surface area contributed by atoms with Gasteiger partial charge in [-0.15, -0.1) is 0 Å². The fourth-order valence-corrected chi connectivity index (χ4v) is 1.56. The summed E-state index contributed by atoms with van der Waals surface area (Å²) in [4.78, 5) is 24.1. The number of carbonyl (C=O) groups excluding carboxylic acids is 2. The van der Waals surface area contributed by atoms with E-state index in [0.717, 1.165) is 0 Å². The molecule has 0 aromatic carbocycles. The van der Waals surface area contributed by atoms with E-state index in [4.69, 9.17) is 9.47 Å². The molecule has 104 valence electrons. The van der Waals surface area contributed by atoms with Crippen molar-refractivity contribution in [3.8, 4) is 0 Å². The lowest BCUT2D eigenvalue weighted by atomic mass is 9.82. The summed E-state index contributed by atoms with van der Waals surface area (Å²) in [6, 6.07) is 0. The van der Waals surface area contributed by atoms with Crippen LogP contribution in [-0.2, 0) is 19.1 Å². The molecular formula is C14H24O4. The van der Waals surface area contributed by atoms with Crippen LogP contribution in [0.3, 0.4) is 0 Å². The molecular weight excluding hydrogens is 232 g/mol. The highest BCUT2D eigenvalue weighted by Gasteiger charge is 2.45. The Morgan fingerprint density at radius 3 is 2.06 bits per heavy atom. The molecule has 0 unspecified atom stereocenters. The molecule has 4 nitrogen and oxygen atoms in total. The van der Waals surface area contributed by atoms with Crippen LogP contribution >= 0.6 is 0 Å². The largest absolute Gasteiger partial charge is 0.465 e. The SMILES string of the molecule is C=CCOC(=O)C(CC)(CC)C(=O)OCC(C)C. The average molecular weight is 256 g/mol. The van der Waals surface area contributed by atoms with Crippen LogP contribution in [0, 0.1) is 11.3 Å². The van der Waals surface area contributed by atoms with Gasteiger partial charge in [0.15, 0.2) is 5.41 Å². The molecule has 0 saturated heterocycles. The highest BCUT2D eigenvalue weighted by atomic mass is 16.6. The summed E-state index contributed by atoms with van der Waals surface area (Å²) in [6.07, 6.45) is 2.22. The Balaban J connectivity index is 4.83. The van der Waals surface area contributed by atoms with E-state index < -0.39 is 17.4 Å². The summed E-state index contributed by atoms with van der Waals surface area (Å²) >= 11 is 0. The Morgan fingerprint density at radius 2 is 1.67 bits per heavy atom. The van der Waals surface area contributed by atoms with Gasteiger partial charge >= 0.3 is 11.9 Å². The zero-order valence-corrected chi connectivity index (χ0v) is 11.8. The highest BCUT2D eigenvalue weighted by Crippen LogP contribution is 2.30. The molecule has 0 aliphatic rings. The van der Waals surface area contributed by atoms with Crippen molar-refractivity contribution in [2.45, 2.75) is 40.5 Å². The Morgan fingerprint density at radius 1 is 1.17 bits per heavy atom. The van der Waals surface area contributed by atoms with Crippen LogP contribution in [0.15, 0.2) is 12.7 Å². The molecule has 0 spiro atoms. The van der Waals surface area contributed by atoms with Crippen LogP contribution in [0.4, 0.5) is 0 Å². The molecule has 0 saturated carbocycles. The van der Waals surface area contributed by atoms with Crippen molar-refractivity contribution in [3.05, 3.63) is 12.7 Å². The molecule has 0 atom stereocenters. The van der Waals surface area contributed by atoms with Crippen molar-refractivity contribution >= 4 is 11.9 Å². The summed E-state index contributed by atoms with van der Waals surface area (Å²) in [6.45, 7) is 11.4. The first-order valence-electron chi connectivity index (χ1n) is 6.39. The van der Waals surface area contributed by atoms with E-state index in [9.17, 15) is 9.59 Å². The molecule has 0 aromatic rings. The maximum Gasteiger partial charge on any atom is 0.323 e. The Bertz CT molecular complexity index is 290. The van der Waals surface area contributed by atoms with E-state index in [1.807, 2.05) is 13.8 Å². The summed E-state index contributed by atoms with van der Waals surface area (Å²) in [5, 5.41) is 0. The van der Waals surface area contributed by atoms with Gasteiger partial charge in [0, 0.05) is 0 Å². The molecule has 18 heavy (non-hydrogen) atoms. The van der Waals surface area contributed by atoms with Crippen LogP contribution in [-0.4, -0.2) is 25.2 Å². The third-order valence-corrected chi connectivity index (χ3v) is 2.87. The summed E-state index contributed by atoms with van der Waals surface area (Å²) in [7, 11) is 0. The quantitative estimate of drug-likeness (QED) is 0.380. The molecule has 0 fully saturated rings. The van der Waals surface area contributed by atoms with Gasteiger partial charge in [-0.1, -0.05) is 40.3 Å². The summed E-state index contributed by atoms with van der Waals surface area (Å²) < 4.78 is 10.2. The summed E-state index contributed by atoms with van der Waals surface area (Å²) in [5.74, 6) is -0.777. The van der Waals surface area contributed by atoms with Crippen molar-refractivity contribution in [3.63, 3.8) is 0 Å². The first kappa shape index (κ1) is 16.7. The highest BCUT2D eigenvalue weighted by molar-refractivity contribution is 6.00. The van der Waals surface area contributed by atoms with Crippen LogP contribution < -0.4 is 0 Å². The van der Waals surface area contributed by atoms with Crippen LogP contribution in [0.1, 0.15) is 40.5 Å². The summed E-state index contributed by atoms with van der Waals surface area (Å²) in [5.41, 5.74) is -1.18. The van der Waals surface area contributed by atoms with Crippen LogP contribution in [0.5, 0.6) is 0 Å². The normalized spacial score (nSPS) is 11.2. The van der Waals surface area contributed by atoms with Gasteiger partial charge in [-0.3, -0.25) is 9.59 Å². The Kier molecular flexibility index (Phi) is 7.32. The fourth-order valence-electron chi connectivity index (χ4n) is 1.56. The van der Waals surface area contributed by atoms with E-state index in [0.29, 0.717) is 19.4 Å². The topological polar surface area (TPSA) is 52.6 Å². The molecule has 0 rings (SSSR count). The fraction of sp³-hybridized carbons (Fsp3) is 0.714. The van der Waals surface area contributed by atoms with Gasteiger partial charge in [0.1, 0.15) is 6.61 Å². The molecule has 0 amide bonds. The maximum atomic E-state index is 12.1. The molecule has 0 N–H and O–H groups in total. The van der Waals surface area contributed by atoms with Gasteiger partial charge in [0.05, 0.1) is 6.61 Å². The molecule has 0 aromatic heterocycles. The van der Waals surface area contributed by atoms with E-state index in [2.05, 4.69) is 6.58 Å². The second-order valence-corrected chi connectivity index (χ2v) is 4.67. The maximum absolute atomic E-state index is 12.1. The number of rotatable bonds is 8. The van der Waals surface area contributed by atoms with Crippen molar-refractivity contribution < 1.29 is 19.1 Å². The predicted molar refractivity (Wildman–Crippen MR) is 70.0 cm³/mol. The van der Waals surface area contributed by atoms with Gasteiger partial charge in [0.2, 0.25) is 0 Å². The van der Waals surface area contributed by atoms with E-state index >= 15 is 0 Å². The third-order valence-electron chi connectivity index (χ3n) is 2.87.